The predicted octanol–water partition coefficient (Wildman–Crippen LogP) is 3.26. The van der Waals surface area contributed by atoms with Crippen molar-refractivity contribution in [2.24, 2.45) is 0 Å². The molecule has 7 nitrogen and oxygen atoms in total. The van der Waals surface area contributed by atoms with E-state index < -0.39 is 17.9 Å². The van der Waals surface area contributed by atoms with E-state index in [1.54, 1.807) is 25.1 Å². The number of aromatic nitrogens is 1. The zero-order valence-corrected chi connectivity index (χ0v) is 16.5. The van der Waals surface area contributed by atoms with Crippen molar-refractivity contribution >= 4 is 34.4 Å². The number of hydrogen-bond acceptors (Lipinski definition) is 5. The lowest BCUT2D eigenvalue weighted by molar-refractivity contribution is -0.132. The van der Waals surface area contributed by atoms with E-state index in [0.717, 1.165) is 16.5 Å². The Kier molecular flexibility index (Phi) is 5.84. The van der Waals surface area contributed by atoms with E-state index in [1.807, 2.05) is 32.0 Å². The Morgan fingerprint density at radius 2 is 1.86 bits per heavy atom. The maximum Gasteiger partial charge on any atom is 0.279 e. The molecule has 0 aliphatic rings. The van der Waals surface area contributed by atoms with Crippen LogP contribution in [0.15, 0.2) is 40.9 Å². The van der Waals surface area contributed by atoms with Gasteiger partial charge in [0.2, 0.25) is 5.91 Å². The first-order valence-corrected chi connectivity index (χ1v) is 9.08. The largest absolute Gasteiger partial charge is 0.480 e. The number of nitrogens with one attached hydrogen (secondary N) is 2. The molecule has 2 amide bonds. The van der Waals surface area contributed by atoms with Gasteiger partial charge in [-0.15, -0.1) is 0 Å². The molecule has 28 heavy (non-hydrogen) atoms. The van der Waals surface area contributed by atoms with E-state index in [1.165, 1.54) is 0 Å². The number of carbonyl (C=O) groups excluding carboxylic acids is 2. The van der Waals surface area contributed by atoms with Crippen LogP contribution < -0.4 is 15.6 Å². The van der Waals surface area contributed by atoms with Crippen molar-refractivity contribution in [3.8, 4) is 5.75 Å². The molecule has 1 aromatic heterocycles. The summed E-state index contributed by atoms with van der Waals surface area (Å²) in [5, 5.41) is 5.26. The minimum atomic E-state index is -0.813. The molecule has 1 atom stereocenters. The van der Waals surface area contributed by atoms with Crippen LogP contribution >= 0.6 is 11.6 Å². The van der Waals surface area contributed by atoms with Gasteiger partial charge in [-0.25, -0.2) is 0 Å². The van der Waals surface area contributed by atoms with Crippen molar-refractivity contribution in [1.82, 2.24) is 16.0 Å². The van der Waals surface area contributed by atoms with Crippen LogP contribution in [-0.4, -0.2) is 23.1 Å². The molecule has 1 heterocycles. The normalized spacial score (nSPS) is 11.9. The SMILES string of the molecule is Cc1cc(Cl)cc(C)c1OC(C)C(=O)NNC(=O)Cc1noc2ccccc12. The van der Waals surface area contributed by atoms with Crippen LogP contribution in [0.25, 0.3) is 11.0 Å². The third kappa shape index (κ3) is 4.43. The minimum Gasteiger partial charge on any atom is -0.480 e. The zero-order valence-electron chi connectivity index (χ0n) is 15.7. The minimum absolute atomic E-state index is 0.0259. The summed E-state index contributed by atoms with van der Waals surface area (Å²) in [6.45, 7) is 5.30. The van der Waals surface area contributed by atoms with Gasteiger partial charge in [0.1, 0.15) is 11.4 Å². The number of carbonyl (C=O) groups is 2. The second-order valence-corrected chi connectivity index (χ2v) is 6.90. The molecular formula is C20H20ClN3O4. The number of benzene rings is 2. The smallest absolute Gasteiger partial charge is 0.279 e. The molecule has 8 heteroatoms. The Morgan fingerprint density at radius 1 is 1.18 bits per heavy atom. The van der Waals surface area contributed by atoms with Crippen LogP contribution in [0.4, 0.5) is 0 Å². The Labute approximate surface area is 166 Å². The Hall–Kier alpha value is -3.06. The molecule has 1 unspecified atom stereocenters. The molecule has 0 saturated heterocycles. The maximum absolute atomic E-state index is 12.2. The van der Waals surface area contributed by atoms with Crippen LogP contribution in [0.2, 0.25) is 5.02 Å². The fraction of sp³-hybridized carbons (Fsp3) is 0.250. The van der Waals surface area contributed by atoms with Crippen LogP contribution in [-0.2, 0) is 16.0 Å². The molecule has 0 bridgehead atoms. The lowest BCUT2D eigenvalue weighted by Gasteiger charge is -2.18. The van der Waals surface area contributed by atoms with E-state index in [4.69, 9.17) is 20.9 Å². The number of halogens is 1. The van der Waals surface area contributed by atoms with Gasteiger partial charge in [-0.05, 0) is 56.2 Å². The van der Waals surface area contributed by atoms with Crippen molar-refractivity contribution in [2.45, 2.75) is 33.3 Å². The van der Waals surface area contributed by atoms with Gasteiger partial charge < -0.3 is 9.26 Å². The van der Waals surface area contributed by atoms with Gasteiger partial charge in [0.25, 0.3) is 5.91 Å². The van der Waals surface area contributed by atoms with E-state index in [0.29, 0.717) is 22.0 Å². The van der Waals surface area contributed by atoms with Crippen molar-refractivity contribution in [1.29, 1.82) is 0 Å². The van der Waals surface area contributed by atoms with Crippen molar-refractivity contribution in [3.63, 3.8) is 0 Å². The number of nitrogens with zero attached hydrogens (tertiary/aromatic N) is 1. The third-order valence-corrected chi connectivity index (χ3v) is 4.41. The first-order chi connectivity index (χ1) is 13.3. The van der Waals surface area contributed by atoms with Gasteiger partial charge in [-0.3, -0.25) is 20.4 Å². The number of amides is 2. The van der Waals surface area contributed by atoms with Gasteiger partial charge in [0, 0.05) is 10.4 Å². The van der Waals surface area contributed by atoms with E-state index in [2.05, 4.69) is 16.0 Å². The molecule has 0 aliphatic carbocycles. The number of ether oxygens (including phenoxy) is 1. The highest BCUT2D eigenvalue weighted by Crippen LogP contribution is 2.27. The standard InChI is InChI=1S/C20H20ClN3O4/c1-11-8-14(21)9-12(2)19(11)27-13(3)20(26)23-22-18(25)10-16-15-6-4-5-7-17(15)28-24-16/h4-9,13H,10H2,1-3H3,(H,22,25)(H,23,26). The average molecular weight is 402 g/mol. The third-order valence-electron chi connectivity index (χ3n) is 4.19. The van der Waals surface area contributed by atoms with Crippen molar-refractivity contribution < 1.29 is 18.8 Å². The number of hydrogen-bond donors (Lipinski definition) is 2. The van der Waals surface area contributed by atoms with Crippen LogP contribution in [0.3, 0.4) is 0 Å². The van der Waals surface area contributed by atoms with E-state index in [9.17, 15) is 9.59 Å². The molecule has 0 spiro atoms. The number of fused-ring (bicyclic) bond motifs is 1. The van der Waals surface area contributed by atoms with Crippen LogP contribution in [0, 0.1) is 13.8 Å². The molecule has 0 radical (unpaired) electrons. The zero-order chi connectivity index (χ0) is 20.3. The van der Waals surface area contributed by atoms with Gasteiger partial charge in [0.15, 0.2) is 11.7 Å². The van der Waals surface area contributed by atoms with Gasteiger partial charge >= 0.3 is 0 Å². The number of para-hydroxylation sites is 1. The summed E-state index contributed by atoms with van der Waals surface area (Å²) >= 11 is 6.01. The summed E-state index contributed by atoms with van der Waals surface area (Å²) in [5.41, 5.74) is 7.49. The van der Waals surface area contributed by atoms with Crippen LogP contribution in [0.5, 0.6) is 5.75 Å². The second kappa shape index (κ2) is 8.31. The Balaban J connectivity index is 1.55. The first-order valence-electron chi connectivity index (χ1n) is 8.70. The molecule has 3 rings (SSSR count). The quantitative estimate of drug-likeness (QED) is 0.640. The van der Waals surface area contributed by atoms with Gasteiger partial charge in [-0.2, -0.15) is 0 Å². The summed E-state index contributed by atoms with van der Waals surface area (Å²) in [7, 11) is 0. The second-order valence-electron chi connectivity index (χ2n) is 6.47. The first kappa shape index (κ1) is 19.7. The predicted molar refractivity (Wildman–Crippen MR) is 105 cm³/mol. The summed E-state index contributed by atoms with van der Waals surface area (Å²) in [5.74, 6) is -0.307. The van der Waals surface area contributed by atoms with Crippen molar-refractivity contribution in [3.05, 3.63) is 58.2 Å². The lowest BCUT2D eigenvalue weighted by Crippen LogP contribution is -2.47. The molecular weight excluding hydrogens is 382 g/mol. The molecule has 2 N–H and O–H groups in total. The highest BCUT2D eigenvalue weighted by atomic mass is 35.5. The summed E-state index contributed by atoms with van der Waals surface area (Å²) < 4.78 is 10.9. The molecule has 0 saturated carbocycles. The fourth-order valence-corrected chi connectivity index (χ4v) is 3.14. The number of rotatable bonds is 5. The molecule has 0 fully saturated rings. The van der Waals surface area contributed by atoms with Crippen LogP contribution in [0.1, 0.15) is 23.7 Å². The topological polar surface area (TPSA) is 93.5 Å². The molecule has 0 aliphatic heterocycles. The van der Waals surface area contributed by atoms with E-state index >= 15 is 0 Å². The lowest BCUT2D eigenvalue weighted by atomic mass is 10.1. The summed E-state index contributed by atoms with van der Waals surface area (Å²) in [6.07, 6.45) is -0.839. The number of hydrazine groups is 1. The monoisotopic (exact) mass is 401 g/mol. The van der Waals surface area contributed by atoms with Crippen molar-refractivity contribution in [2.75, 3.05) is 0 Å². The maximum atomic E-state index is 12.2. The Bertz CT molecular complexity index is 1010. The molecule has 2 aromatic carbocycles. The highest BCUT2D eigenvalue weighted by Gasteiger charge is 2.19. The Morgan fingerprint density at radius 3 is 2.57 bits per heavy atom. The summed E-state index contributed by atoms with van der Waals surface area (Å²) in [6, 6.07) is 10.8. The molecule has 146 valence electrons. The summed E-state index contributed by atoms with van der Waals surface area (Å²) in [4.78, 5) is 24.4. The number of aryl methyl sites for hydroxylation is 2. The van der Waals surface area contributed by atoms with E-state index in [-0.39, 0.29) is 6.42 Å². The highest BCUT2D eigenvalue weighted by molar-refractivity contribution is 6.30. The average Bonchev–Trinajstić information content (AvgIpc) is 3.05. The van der Waals surface area contributed by atoms with Gasteiger partial charge in [-0.1, -0.05) is 28.9 Å². The molecule has 3 aromatic rings. The van der Waals surface area contributed by atoms with Gasteiger partial charge in [0.05, 0.1) is 6.42 Å². The fourth-order valence-electron chi connectivity index (χ4n) is 2.81.